The van der Waals surface area contributed by atoms with E-state index in [4.69, 9.17) is 27.9 Å². The smallest absolute Gasteiger partial charge is 0.346 e. The van der Waals surface area contributed by atoms with Crippen molar-refractivity contribution in [2.45, 2.75) is 44.6 Å². The van der Waals surface area contributed by atoms with E-state index >= 15 is 0 Å². The van der Waals surface area contributed by atoms with Crippen LogP contribution in [0.2, 0.25) is 10.0 Å². The number of benzene rings is 1. The lowest BCUT2D eigenvalue weighted by atomic mass is 9.76. The molecule has 0 amide bonds. The summed E-state index contributed by atoms with van der Waals surface area (Å²) in [5, 5.41) is 11.2. The highest BCUT2D eigenvalue weighted by molar-refractivity contribution is 6.35. The Labute approximate surface area is 139 Å². The molecule has 1 saturated carbocycles. The number of carbonyl (C=O) groups is 2. The predicted molar refractivity (Wildman–Crippen MR) is 83.8 cm³/mol. The normalized spacial score (nSPS) is 24.8. The zero-order valence-corrected chi connectivity index (χ0v) is 13.8. The number of rotatable bonds is 3. The van der Waals surface area contributed by atoms with Crippen molar-refractivity contribution in [1.29, 1.82) is 0 Å². The Morgan fingerprint density at radius 2 is 2.09 bits per heavy atom. The number of hydrogen-bond acceptors (Lipinski definition) is 4. The molecule has 1 aliphatic rings. The minimum absolute atomic E-state index is 0.147. The van der Waals surface area contributed by atoms with Crippen LogP contribution in [0.5, 0.6) is 0 Å². The molecule has 0 spiro atoms. The number of carbonyl (C=O) groups excluding carboxylic acids is 2. The summed E-state index contributed by atoms with van der Waals surface area (Å²) in [4.78, 5) is 24.0. The van der Waals surface area contributed by atoms with Crippen LogP contribution < -0.4 is 0 Å². The first kappa shape index (κ1) is 17.3. The number of aliphatic hydroxyl groups is 1. The third kappa shape index (κ3) is 3.80. The van der Waals surface area contributed by atoms with Crippen molar-refractivity contribution < 1.29 is 19.4 Å². The molecule has 0 aliphatic heterocycles. The molecule has 4 nitrogen and oxygen atoms in total. The highest BCUT2D eigenvalue weighted by atomic mass is 35.5. The molecule has 6 heteroatoms. The van der Waals surface area contributed by atoms with E-state index in [1.807, 2.05) is 0 Å². The molecule has 120 valence electrons. The van der Waals surface area contributed by atoms with E-state index in [1.54, 1.807) is 19.1 Å². The van der Waals surface area contributed by atoms with Gasteiger partial charge in [0.05, 0.1) is 6.42 Å². The van der Waals surface area contributed by atoms with Gasteiger partial charge in [0.15, 0.2) is 5.60 Å². The van der Waals surface area contributed by atoms with Crippen molar-refractivity contribution in [3.63, 3.8) is 0 Å². The second-order valence-electron chi connectivity index (χ2n) is 5.75. The molecule has 1 aliphatic carbocycles. The van der Waals surface area contributed by atoms with Crippen LogP contribution in [0.3, 0.4) is 0 Å². The number of halogens is 2. The SMILES string of the molecule is CC1CCCCC1(O)C(=O)OC(=O)Cc1ccc(Cl)cc1Cl. The maximum atomic E-state index is 12.1. The molecule has 1 aromatic rings. The fraction of sp³-hybridized carbons (Fsp3) is 0.500. The summed E-state index contributed by atoms with van der Waals surface area (Å²) in [6, 6.07) is 4.73. The average Bonchev–Trinajstić information content (AvgIpc) is 2.45. The molecule has 1 fully saturated rings. The second-order valence-corrected chi connectivity index (χ2v) is 6.59. The van der Waals surface area contributed by atoms with E-state index in [9.17, 15) is 14.7 Å². The third-order valence-electron chi connectivity index (χ3n) is 4.17. The molecule has 0 bridgehead atoms. The first-order valence-corrected chi connectivity index (χ1v) is 8.00. The van der Waals surface area contributed by atoms with E-state index in [0.717, 1.165) is 19.3 Å². The Bertz CT molecular complexity index is 588. The van der Waals surface area contributed by atoms with E-state index < -0.39 is 17.5 Å². The van der Waals surface area contributed by atoms with E-state index in [1.165, 1.54) is 6.07 Å². The van der Waals surface area contributed by atoms with Crippen molar-refractivity contribution >= 4 is 35.1 Å². The Kier molecular flexibility index (Phi) is 5.48. The zero-order chi connectivity index (χ0) is 16.3. The van der Waals surface area contributed by atoms with Crippen LogP contribution in [0, 0.1) is 5.92 Å². The fourth-order valence-electron chi connectivity index (χ4n) is 2.68. The molecule has 2 atom stereocenters. The van der Waals surface area contributed by atoms with Gasteiger partial charge in [-0.25, -0.2) is 4.79 Å². The van der Waals surface area contributed by atoms with E-state index in [2.05, 4.69) is 0 Å². The summed E-state index contributed by atoms with van der Waals surface area (Å²) in [6.07, 6.45) is 2.62. The van der Waals surface area contributed by atoms with Crippen molar-refractivity contribution in [1.82, 2.24) is 0 Å². The third-order valence-corrected chi connectivity index (χ3v) is 4.76. The Morgan fingerprint density at radius 1 is 1.36 bits per heavy atom. The monoisotopic (exact) mass is 344 g/mol. The molecule has 0 radical (unpaired) electrons. The quantitative estimate of drug-likeness (QED) is 0.672. The maximum absolute atomic E-state index is 12.1. The van der Waals surface area contributed by atoms with Gasteiger partial charge in [-0.15, -0.1) is 0 Å². The summed E-state index contributed by atoms with van der Waals surface area (Å²) in [7, 11) is 0. The minimum Gasteiger partial charge on any atom is -0.391 e. The van der Waals surface area contributed by atoms with Crippen molar-refractivity contribution in [2.24, 2.45) is 5.92 Å². The van der Waals surface area contributed by atoms with Gasteiger partial charge in [-0.05, 0) is 42.9 Å². The standard InChI is InChI=1S/C16H18Cl2O4/c1-10-4-2-3-7-16(10,21)15(20)22-14(19)8-11-5-6-12(17)9-13(11)18/h5-6,9-10,21H,2-4,7-8H2,1H3. The summed E-state index contributed by atoms with van der Waals surface area (Å²) >= 11 is 11.8. The van der Waals surface area contributed by atoms with Gasteiger partial charge in [-0.2, -0.15) is 0 Å². The van der Waals surface area contributed by atoms with Crippen molar-refractivity contribution in [3.8, 4) is 0 Å². The van der Waals surface area contributed by atoms with Gasteiger partial charge in [0.1, 0.15) is 0 Å². The predicted octanol–water partition coefficient (Wildman–Crippen LogP) is 3.55. The van der Waals surface area contributed by atoms with Gasteiger partial charge in [-0.1, -0.05) is 42.6 Å². The molecule has 22 heavy (non-hydrogen) atoms. The first-order valence-electron chi connectivity index (χ1n) is 7.24. The fourth-order valence-corrected chi connectivity index (χ4v) is 3.16. The maximum Gasteiger partial charge on any atom is 0.346 e. The lowest BCUT2D eigenvalue weighted by Gasteiger charge is -2.35. The Balaban J connectivity index is 2.00. The van der Waals surface area contributed by atoms with Gasteiger partial charge in [-0.3, -0.25) is 4.79 Å². The first-order chi connectivity index (χ1) is 10.3. The number of ether oxygens (including phenoxy) is 1. The minimum atomic E-state index is -1.57. The van der Waals surface area contributed by atoms with Gasteiger partial charge in [0, 0.05) is 10.0 Å². The topological polar surface area (TPSA) is 63.6 Å². The van der Waals surface area contributed by atoms with Gasteiger partial charge in [0.2, 0.25) is 0 Å². The largest absolute Gasteiger partial charge is 0.391 e. The lowest BCUT2D eigenvalue weighted by molar-refractivity contribution is -0.181. The lowest BCUT2D eigenvalue weighted by Crippen LogP contribution is -2.48. The molecular formula is C16H18Cl2O4. The van der Waals surface area contributed by atoms with Crippen molar-refractivity contribution in [2.75, 3.05) is 0 Å². The van der Waals surface area contributed by atoms with Crippen LogP contribution in [0.15, 0.2) is 18.2 Å². The summed E-state index contributed by atoms with van der Waals surface area (Å²) in [6.45, 7) is 1.79. The molecule has 1 aromatic carbocycles. The molecule has 2 rings (SSSR count). The van der Waals surface area contributed by atoms with Crippen LogP contribution in [0.25, 0.3) is 0 Å². The Morgan fingerprint density at radius 3 is 2.73 bits per heavy atom. The van der Waals surface area contributed by atoms with Gasteiger partial charge in [0.25, 0.3) is 0 Å². The summed E-state index contributed by atoms with van der Waals surface area (Å²) in [5.74, 6) is -1.82. The Hall–Kier alpha value is -1.10. The van der Waals surface area contributed by atoms with Crippen LogP contribution in [0.4, 0.5) is 0 Å². The second kappa shape index (κ2) is 6.99. The van der Waals surface area contributed by atoms with Crippen LogP contribution in [-0.2, 0) is 20.7 Å². The molecular weight excluding hydrogens is 327 g/mol. The van der Waals surface area contributed by atoms with E-state index in [0.29, 0.717) is 22.0 Å². The molecule has 0 aromatic heterocycles. The highest BCUT2D eigenvalue weighted by Crippen LogP contribution is 2.34. The van der Waals surface area contributed by atoms with Crippen LogP contribution >= 0.6 is 23.2 Å². The summed E-state index contributed by atoms with van der Waals surface area (Å²) < 4.78 is 4.83. The van der Waals surface area contributed by atoms with E-state index in [-0.39, 0.29) is 12.3 Å². The molecule has 2 unspecified atom stereocenters. The van der Waals surface area contributed by atoms with Gasteiger partial charge < -0.3 is 9.84 Å². The highest BCUT2D eigenvalue weighted by Gasteiger charge is 2.45. The molecule has 0 heterocycles. The van der Waals surface area contributed by atoms with Crippen LogP contribution in [0.1, 0.15) is 38.2 Å². The zero-order valence-electron chi connectivity index (χ0n) is 12.3. The van der Waals surface area contributed by atoms with Crippen LogP contribution in [-0.4, -0.2) is 22.6 Å². The van der Waals surface area contributed by atoms with Crippen molar-refractivity contribution in [3.05, 3.63) is 33.8 Å². The number of hydrogen-bond donors (Lipinski definition) is 1. The van der Waals surface area contributed by atoms with Gasteiger partial charge >= 0.3 is 11.9 Å². The summed E-state index contributed by atoms with van der Waals surface area (Å²) in [5.41, 5.74) is -1.05. The molecule has 1 N–H and O–H groups in total. The average molecular weight is 345 g/mol. The number of esters is 2. The molecule has 0 saturated heterocycles.